The van der Waals surface area contributed by atoms with Gasteiger partial charge < -0.3 is 10.1 Å². The minimum atomic E-state index is -0.722. The van der Waals surface area contributed by atoms with Gasteiger partial charge in [0.1, 0.15) is 11.5 Å². The smallest absolute Gasteiger partial charge is 0.267 e. The zero-order chi connectivity index (χ0) is 21.5. The van der Waals surface area contributed by atoms with Crippen molar-refractivity contribution in [3.8, 4) is 11.5 Å². The molecule has 2 amide bonds. The first-order chi connectivity index (χ1) is 14.5. The Morgan fingerprint density at radius 3 is 2.60 bits per heavy atom. The summed E-state index contributed by atoms with van der Waals surface area (Å²) in [6.07, 6.45) is 5.56. The standard InChI is InChI=1S/C21H15Cl2N3O4/c22-17-6-5-16(11-18(17)23)30-19-7-4-15(10-13(19)3-8-20(27)26-29)25-21(28)14-2-1-9-24-12-14/h1-12,29H,(H,25,28)(H,26,27). The molecule has 7 nitrogen and oxygen atoms in total. The minimum Gasteiger partial charge on any atom is -0.457 e. The third kappa shape index (κ3) is 5.57. The number of halogens is 2. The summed E-state index contributed by atoms with van der Waals surface area (Å²) in [7, 11) is 0. The molecule has 9 heteroatoms. The van der Waals surface area contributed by atoms with Gasteiger partial charge in [0.25, 0.3) is 11.8 Å². The molecule has 0 saturated heterocycles. The Kier molecular flexibility index (Phi) is 7.03. The summed E-state index contributed by atoms with van der Waals surface area (Å²) in [6, 6.07) is 13.0. The number of nitrogens with one attached hydrogen (secondary N) is 2. The van der Waals surface area contributed by atoms with Crippen LogP contribution in [0.25, 0.3) is 6.08 Å². The molecular weight excluding hydrogens is 429 g/mol. The summed E-state index contributed by atoms with van der Waals surface area (Å²) in [5.74, 6) is -0.253. The number of benzene rings is 2. The third-order valence-electron chi connectivity index (χ3n) is 3.83. The van der Waals surface area contributed by atoms with Crippen LogP contribution in [0.5, 0.6) is 11.5 Å². The molecule has 0 atom stereocenters. The second-order valence-electron chi connectivity index (χ2n) is 5.94. The van der Waals surface area contributed by atoms with Crippen LogP contribution in [0.1, 0.15) is 15.9 Å². The van der Waals surface area contributed by atoms with Crippen LogP contribution in [0.3, 0.4) is 0 Å². The molecule has 1 heterocycles. The van der Waals surface area contributed by atoms with Crippen LogP contribution in [-0.4, -0.2) is 22.0 Å². The van der Waals surface area contributed by atoms with Crippen molar-refractivity contribution >= 4 is 46.8 Å². The van der Waals surface area contributed by atoms with Gasteiger partial charge in [0.2, 0.25) is 0 Å². The van der Waals surface area contributed by atoms with E-state index in [9.17, 15) is 9.59 Å². The van der Waals surface area contributed by atoms with Gasteiger partial charge in [0.15, 0.2) is 0 Å². The minimum absolute atomic E-state index is 0.325. The molecule has 0 aliphatic rings. The lowest BCUT2D eigenvalue weighted by atomic mass is 10.1. The number of hydrogen-bond acceptors (Lipinski definition) is 5. The highest BCUT2D eigenvalue weighted by molar-refractivity contribution is 6.42. The predicted molar refractivity (Wildman–Crippen MR) is 114 cm³/mol. The third-order valence-corrected chi connectivity index (χ3v) is 4.57. The van der Waals surface area contributed by atoms with Gasteiger partial charge in [-0.15, -0.1) is 0 Å². The lowest BCUT2D eigenvalue weighted by molar-refractivity contribution is -0.124. The van der Waals surface area contributed by atoms with Crippen LogP contribution in [0.4, 0.5) is 5.69 Å². The maximum Gasteiger partial charge on any atom is 0.267 e. The number of nitrogens with zero attached hydrogens (tertiary/aromatic N) is 1. The van der Waals surface area contributed by atoms with Crippen molar-refractivity contribution in [3.63, 3.8) is 0 Å². The summed E-state index contributed by atoms with van der Waals surface area (Å²) in [5, 5.41) is 12.2. The molecule has 0 saturated carbocycles. The molecular formula is C21H15Cl2N3O4. The number of carbonyl (C=O) groups excluding carboxylic acids is 2. The molecule has 3 rings (SSSR count). The van der Waals surface area contributed by atoms with E-state index >= 15 is 0 Å². The fraction of sp³-hybridized carbons (Fsp3) is 0. The number of ether oxygens (including phenoxy) is 1. The highest BCUT2D eigenvalue weighted by Gasteiger charge is 2.10. The van der Waals surface area contributed by atoms with Crippen molar-refractivity contribution < 1.29 is 19.5 Å². The predicted octanol–water partition coefficient (Wildman–Crippen LogP) is 4.95. The fourth-order valence-corrected chi connectivity index (χ4v) is 2.71. The SMILES string of the molecule is O=C(C=Cc1cc(NC(=O)c2cccnc2)ccc1Oc1ccc(Cl)c(Cl)c1)NO. The zero-order valence-corrected chi connectivity index (χ0v) is 16.8. The molecule has 30 heavy (non-hydrogen) atoms. The van der Waals surface area contributed by atoms with Crippen LogP contribution in [0, 0.1) is 0 Å². The Labute approximate surface area is 181 Å². The summed E-state index contributed by atoms with van der Waals surface area (Å²) < 4.78 is 5.84. The van der Waals surface area contributed by atoms with Crippen molar-refractivity contribution in [2.24, 2.45) is 0 Å². The monoisotopic (exact) mass is 443 g/mol. The van der Waals surface area contributed by atoms with Crippen LogP contribution in [0.2, 0.25) is 10.0 Å². The highest BCUT2D eigenvalue weighted by Crippen LogP contribution is 2.32. The second-order valence-corrected chi connectivity index (χ2v) is 6.75. The molecule has 152 valence electrons. The van der Waals surface area contributed by atoms with Crippen molar-refractivity contribution in [1.29, 1.82) is 0 Å². The largest absolute Gasteiger partial charge is 0.457 e. The average Bonchev–Trinajstić information content (AvgIpc) is 2.76. The molecule has 0 unspecified atom stereocenters. The summed E-state index contributed by atoms with van der Waals surface area (Å²) in [6.45, 7) is 0. The number of anilines is 1. The van der Waals surface area contributed by atoms with E-state index in [4.69, 9.17) is 33.1 Å². The molecule has 0 aliphatic carbocycles. The van der Waals surface area contributed by atoms with Crippen LogP contribution >= 0.6 is 23.2 Å². The Bertz CT molecular complexity index is 1100. The van der Waals surface area contributed by atoms with Gasteiger partial charge in [-0.25, -0.2) is 5.48 Å². The number of hydrogen-bond donors (Lipinski definition) is 3. The van der Waals surface area contributed by atoms with Crippen LogP contribution < -0.4 is 15.5 Å². The fourth-order valence-electron chi connectivity index (χ4n) is 2.42. The molecule has 3 aromatic rings. The first kappa shape index (κ1) is 21.3. The van der Waals surface area contributed by atoms with E-state index in [0.717, 1.165) is 6.08 Å². The van der Waals surface area contributed by atoms with Gasteiger partial charge in [0.05, 0.1) is 15.6 Å². The molecule has 1 aromatic heterocycles. The van der Waals surface area contributed by atoms with Gasteiger partial charge in [-0.3, -0.25) is 19.8 Å². The van der Waals surface area contributed by atoms with E-state index in [-0.39, 0.29) is 5.91 Å². The van der Waals surface area contributed by atoms with E-state index in [0.29, 0.717) is 38.4 Å². The molecule has 0 radical (unpaired) electrons. The lowest BCUT2D eigenvalue weighted by Gasteiger charge is -2.12. The molecule has 2 aromatic carbocycles. The van der Waals surface area contributed by atoms with Gasteiger partial charge in [-0.05, 0) is 48.5 Å². The topological polar surface area (TPSA) is 101 Å². The van der Waals surface area contributed by atoms with Crippen molar-refractivity contribution in [1.82, 2.24) is 10.5 Å². The normalized spacial score (nSPS) is 10.6. The van der Waals surface area contributed by atoms with E-state index in [2.05, 4.69) is 10.3 Å². The summed E-state index contributed by atoms with van der Waals surface area (Å²) in [4.78, 5) is 27.7. The average molecular weight is 444 g/mol. The maximum atomic E-state index is 12.4. The van der Waals surface area contributed by atoms with Gasteiger partial charge in [-0.2, -0.15) is 0 Å². The number of pyridine rings is 1. The van der Waals surface area contributed by atoms with Gasteiger partial charge in [-0.1, -0.05) is 23.2 Å². The molecule has 0 bridgehead atoms. The van der Waals surface area contributed by atoms with Gasteiger partial charge in [0, 0.05) is 35.8 Å². The van der Waals surface area contributed by atoms with Crippen molar-refractivity contribution in [3.05, 3.63) is 88.2 Å². The maximum absolute atomic E-state index is 12.4. The summed E-state index contributed by atoms with van der Waals surface area (Å²) in [5.41, 5.74) is 2.84. The molecule has 0 aliphatic heterocycles. The Hall–Kier alpha value is -3.39. The van der Waals surface area contributed by atoms with E-state index < -0.39 is 5.91 Å². The van der Waals surface area contributed by atoms with Gasteiger partial charge >= 0.3 is 0 Å². The zero-order valence-electron chi connectivity index (χ0n) is 15.3. The second kappa shape index (κ2) is 9.89. The number of hydroxylamine groups is 1. The molecule has 3 N–H and O–H groups in total. The lowest BCUT2D eigenvalue weighted by Crippen LogP contribution is -2.14. The van der Waals surface area contributed by atoms with E-state index in [1.807, 2.05) is 0 Å². The van der Waals surface area contributed by atoms with E-state index in [1.165, 1.54) is 17.8 Å². The highest BCUT2D eigenvalue weighted by atomic mass is 35.5. The molecule has 0 fully saturated rings. The number of aromatic nitrogens is 1. The quantitative estimate of drug-likeness (QED) is 0.284. The number of rotatable bonds is 6. The van der Waals surface area contributed by atoms with Crippen LogP contribution in [-0.2, 0) is 4.79 Å². The van der Waals surface area contributed by atoms with E-state index in [1.54, 1.807) is 54.7 Å². The molecule has 0 spiro atoms. The Morgan fingerprint density at radius 2 is 1.90 bits per heavy atom. The van der Waals surface area contributed by atoms with Crippen molar-refractivity contribution in [2.75, 3.05) is 5.32 Å². The summed E-state index contributed by atoms with van der Waals surface area (Å²) >= 11 is 11.9. The van der Waals surface area contributed by atoms with Crippen molar-refractivity contribution in [2.45, 2.75) is 0 Å². The number of amides is 2. The Balaban J connectivity index is 1.89. The number of carbonyl (C=O) groups is 2. The first-order valence-electron chi connectivity index (χ1n) is 8.57. The first-order valence-corrected chi connectivity index (χ1v) is 9.32. The Morgan fingerprint density at radius 1 is 1.07 bits per heavy atom. The van der Waals surface area contributed by atoms with Crippen LogP contribution in [0.15, 0.2) is 67.0 Å².